The van der Waals surface area contributed by atoms with Gasteiger partial charge in [0.15, 0.2) is 5.16 Å². The number of nitrogens with zero attached hydrogens (tertiary/aromatic N) is 3. The topological polar surface area (TPSA) is 69.0 Å². The van der Waals surface area contributed by atoms with E-state index in [0.29, 0.717) is 10.9 Å². The van der Waals surface area contributed by atoms with Crippen molar-refractivity contribution in [2.45, 2.75) is 31.2 Å². The lowest BCUT2D eigenvalue weighted by Crippen LogP contribution is -2.23. The lowest BCUT2D eigenvalue weighted by atomic mass is 10.1. The fourth-order valence-electron chi connectivity index (χ4n) is 2.62. The molecule has 0 fully saturated rings. The molecule has 140 valence electrons. The van der Waals surface area contributed by atoms with Gasteiger partial charge in [0.1, 0.15) is 12.1 Å². The quantitative estimate of drug-likeness (QED) is 0.652. The highest BCUT2D eigenvalue weighted by atomic mass is 32.2. The van der Waals surface area contributed by atoms with Crippen LogP contribution in [-0.4, -0.2) is 33.0 Å². The molecule has 0 saturated carbocycles. The molecule has 7 heteroatoms. The van der Waals surface area contributed by atoms with E-state index in [1.54, 1.807) is 13.4 Å². The van der Waals surface area contributed by atoms with Crippen LogP contribution in [0.5, 0.6) is 5.75 Å². The number of hydrogen-bond donors (Lipinski definition) is 1. The Morgan fingerprint density at radius 1 is 1.22 bits per heavy atom. The van der Waals surface area contributed by atoms with Crippen LogP contribution in [0.25, 0.3) is 5.69 Å². The number of thioether (sulfide) groups is 1. The Hall–Kier alpha value is -2.80. The molecule has 27 heavy (non-hydrogen) atoms. The predicted octanol–water partition coefficient (Wildman–Crippen LogP) is 4.01. The first-order valence-electron chi connectivity index (χ1n) is 8.57. The smallest absolute Gasteiger partial charge is 0.237 e. The number of nitrogens with one attached hydrogen (secondary N) is 1. The van der Waals surface area contributed by atoms with Gasteiger partial charge in [-0.05, 0) is 50.1 Å². The number of amides is 1. The minimum Gasteiger partial charge on any atom is -0.495 e. The Kier molecular flexibility index (Phi) is 5.81. The molecule has 0 spiro atoms. The fraction of sp³-hybridized carbons (Fsp3) is 0.250. The third-order valence-corrected chi connectivity index (χ3v) is 5.22. The first-order valence-corrected chi connectivity index (χ1v) is 9.45. The van der Waals surface area contributed by atoms with Gasteiger partial charge in [0.2, 0.25) is 5.91 Å². The van der Waals surface area contributed by atoms with E-state index >= 15 is 0 Å². The Bertz CT molecular complexity index is 955. The summed E-state index contributed by atoms with van der Waals surface area (Å²) in [5, 5.41) is 11.5. The van der Waals surface area contributed by atoms with Crippen LogP contribution in [0.4, 0.5) is 5.69 Å². The molecule has 0 unspecified atom stereocenters. The summed E-state index contributed by atoms with van der Waals surface area (Å²) in [4.78, 5) is 12.7. The van der Waals surface area contributed by atoms with Crippen molar-refractivity contribution in [1.82, 2.24) is 14.8 Å². The maximum absolute atomic E-state index is 12.7. The van der Waals surface area contributed by atoms with Crippen LogP contribution < -0.4 is 10.1 Å². The van der Waals surface area contributed by atoms with Gasteiger partial charge in [-0.2, -0.15) is 0 Å². The van der Waals surface area contributed by atoms with Gasteiger partial charge in [0.25, 0.3) is 0 Å². The van der Waals surface area contributed by atoms with Crippen LogP contribution in [0.3, 0.4) is 0 Å². The van der Waals surface area contributed by atoms with Gasteiger partial charge < -0.3 is 10.1 Å². The van der Waals surface area contributed by atoms with E-state index in [1.807, 2.05) is 67.8 Å². The van der Waals surface area contributed by atoms with Crippen molar-refractivity contribution in [2.24, 2.45) is 0 Å². The molecule has 2 aromatic carbocycles. The molecule has 1 heterocycles. The molecule has 1 amide bonds. The van der Waals surface area contributed by atoms with Crippen molar-refractivity contribution in [2.75, 3.05) is 12.4 Å². The molecule has 0 bridgehead atoms. The monoisotopic (exact) mass is 382 g/mol. The number of carbonyl (C=O) groups is 1. The zero-order chi connectivity index (χ0) is 19.4. The van der Waals surface area contributed by atoms with Crippen molar-refractivity contribution in [3.8, 4) is 11.4 Å². The Morgan fingerprint density at radius 2 is 2.00 bits per heavy atom. The number of benzene rings is 2. The molecule has 0 aliphatic rings. The van der Waals surface area contributed by atoms with Gasteiger partial charge in [0, 0.05) is 5.69 Å². The molecule has 1 aromatic heterocycles. The first-order chi connectivity index (χ1) is 13.0. The van der Waals surface area contributed by atoms with Gasteiger partial charge in [-0.25, -0.2) is 0 Å². The highest BCUT2D eigenvalue weighted by Crippen LogP contribution is 2.29. The number of para-hydroxylation sites is 2. The number of ether oxygens (including phenoxy) is 1. The molecule has 0 aliphatic heterocycles. The summed E-state index contributed by atoms with van der Waals surface area (Å²) >= 11 is 1.35. The van der Waals surface area contributed by atoms with E-state index in [-0.39, 0.29) is 11.2 Å². The van der Waals surface area contributed by atoms with E-state index < -0.39 is 0 Å². The number of methoxy groups -OCH3 is 1. The Labute approximate surface area is 163 Å². The minimum atomic E-state index is -0.345. The van der Waals surface area contributed by atoms with Crippen molar-refractivity contribution >= 4 is 23.4 Å². The van der Waals surface area contributed by atoms with Crippen LogP contribution in [0, 0.1) is 13.8 Å². The number of aryl methyl sites for hydroxylation is 2. The van der Waals surface area contributed by atoms with Gasteiger partial charge in [-0.15, -0.1) is 10.2 Å². The second-order valence-electron chi connectivity index (χ2n) is 6.22. The van der Waals surface area contributed by atoms with Crippen LogP contribution in [0.1, 0.15) is 18.1 Å². The van der Waals surface area contributed by atoms with E-state index in [0.717, 1.165) is 22.5 Å². The standard InChI is InChI=1S/C20H22N4O2S/c1-13-9-10-14(2)16(11-13)22-19(25)15(3)27-20-23-21-12-24(20)17-7-5-6-8-18(17)26-4/h5-12,15H,1-4H3,(H,22,25)/t15-/m0/s1. The maximum atomic E-state index is 12.7. The normalized spacial score (nSPS) is 11.9. The molecule has 0 radical (unpaired) electrons. The van der Waals surface area contributed by atoms with Gasteiger partial charge >= 0.3 is 0 Å². The van der Waals surface area contributed by atoms with Crippen molar-refractivity contribution in [3.05, 3.63) is 59.9 Å². The molecule has 6 nitrogen and oxygen atoms in total. The van der Waals surface area contributed by atoms with E-state index in [9.17, 15) is 4.79 Å². The lowest BCUT2D eigenvalue weighted by molar-refractivity contribution is -0.115. The minimum absolute atomic E-state index is 0.0803. The number of hydrogen-bond acceptors (Lipinski definition) is 5. The largest absolute Gasteiger partial charge is 0.495 e. The lowest BCUT2D eigenvalue weighted by Gasteiger charge is -2.15. The Balaban J connectivity index is 1.77. The summed E-state index contributed by atoms with van der Waals surface area (Å²) in [5.74, 6) is 0.634. The van der Waals surface area contributed by atoms with Crippen LogP contribution in [0.2, 0.25) is 0 Å². The summed E-state index contributed by atoms with van der Waals surface area (Å²) in [6.07, 6.45) is 1.62. The number of anilines is 1. The first kappa shape index (κ1) is 19.0. The molecule has 1 N–H and O–H groups in total. The zero-order valence-electron chi connectivity index (χ0n) is 15.8. The average molecular weight is 382 g/mol. The molecule has 0 aliphatic carbocycles. The Morgan fingerprint density at radius 3 is 2.78 bits per heavy atom. The van der Waals surface area contributed by atoms with Gasteiger partial charge in [-0.1, -0.05) is 36.0 Å². The second kappa shape index (κ2) is 8.26. The van der Waals surface area contributed by atoms with E-state index in [1.165, 1.54) is 11.8 Å². The van der Waals surface area contributed by atoms with Crippen molar-refractivity contribution < 1.29 is 9.53 Å². The number of rotatable bonds is 6. The molecule has 3 aromatic rings. The maximum Gasteiger partial charge on any atom is 0.237 e. The third kappa shape index (κ3) is 4.31. The number of carbonyl (C=O) groups excluding carboxylic acids is 1. The van der Waals surface area contributed by atoms with E-state index in [4.69, 9.17) is 4.74 Å². The summed E-state index contributed by atoms with van der Waals surface area (Å²) in [6.45, 7) is 5.83. The molecule has 3 rings (SSSR count). The van der Waals surface area contributed by atoms with E-state index in [2.05, 4.69) is 15.5 Å². The average Bonchev–Trinajstić information content (AvgIpc) is 3.12. The van der Waals surface area contributed by atoms with Crippen molar-refractivity contribution in [3.63, 3.8) is 0 Å². The molecular weight excluding hydrogens is 360 g/mol. The predicted molar refractivity (Wildman–Crippen MR) is 108 cm³/mol. The SMILES string of the molecule is COc1ccccc1-n1cnnc1S[C@@H](C)C(=O)Nc1cc(C)ccc1C. The van der Waals surface area contributed by atoms with Gasteiger partial charge in [0.05, 0.1) is 18.0 Å². The zero-order valence-corrected chi connectivity index (χ0v) is 16.6. The summed E-state index contributed by atoms with van der Waals surface area (Å²) in [7, 11) is 1.62. The highest BCUT2D eigenvalue weighted by Gasteiger charge is 2.20. The molecule has 0 saturated heterocycles. The summed E-state index contributed by atoms with van der Waals surface area (Å²) in [5.41, 5.74) is 3.80. The summed E-state index contributed by atoms with van der Waals surface area (Å²) in [6, 6.07) is 13.6. The molecular formula is C20H22N4O2S. The van der Waals surface area contributed by atoms with Crippen molar-refractivity contribution in [1.29, 1.82) is 0 Å². The second-order valence-corrected chi connectivity index (χ2v) is 7.53. The highest BCUT2D eigenvalue weighted by molar-refractivity contribution is 8.00. The van der Waals surface area contributed by atoms with Crippen LogP contribution >= 0.6 is 11.8 Å². The summed E-state index contributed by atoms with van der Waals surface area (Å²) < 4.78 is 7.24. The van der Waals surface area contributed by atoms with Crippen LogP contribution in [-0.2, 0) is 4.79 Å². The fourth-order valence-corrected chi connectivity index (χ4v) is 3.45. The van der Waals surface area contributed by atoms with Gasteiger partial charge in [-0.3, -0.25) is 9.36 Å². The number of aromatic nitrogens is 3. The third-order valence-electron chi connectivity index (χ3n) is 4.16. The van der Waals surface area contributed by atoms with Crippen LogP contribution in [0.15, 0.2) is 53.9 Å². The molecule has 1 atom stereocenters.